The van der Waals surface area contributed by atoms with Crippen LogP contribution in [0, 0.1) is 10.1 Å². The van der Waals surface area contributed by atoms with Crippen LogP contribution in [0.15, 0.2) is 48.5 Å². The summed E-state index contributed by atoms with van der Waals surface area (Å²) in [5, 5.41) is 13.6. The van der Waals surface area contributed by atoms with Crippen LogP contribution in [0.1, 0.15) is 12.5 Å². The molecular weight excluding hydrogens is 368 g/mol. The van der Waals surface area contributed by atoms with Gasteiger partial charge in [-0.25, -0.2) is 4.79 Å². The zero-order valence-electron chi connectivity index (χ0n) is 14.8. The predicted octanol–water partition coefficient (Wildman–Crippen LogP) is 2.91. The number of nitrogens with one attached hydrogen (secondary N) is 1. The molecule has 0 unspecified atom stereocenters. The number of anilines is 1. The summed E-state index contributed by atoms with van der Waals surface area (Å²) in [4.78, 5) is 34.5. The molecule has 28 heavy (non-hydrogen) atoms. The van der Waals surface area contributed by atoms with Gasteiger partial charge in [0.1, 0.15) is 0 Å². The molecule has 0 saturated heterocycles. The number of amides is 1. The van der Waals surface area contributed by atoms with E-state index in [1.165, 1.54) is 31.2 Å². The zero-order valence-corrected chi connectivity index (χ0v) is 14.8. The van der Waals surface area contributed by atoms with E-state index in [0.717, 1.165) is 6.08 Å². The first-order chi connectivity index (χ1) is 13.4. The molecule has 2 aromatic rings. The van der Waals surface area contributed by atoms with Gasteiger partial charge in [-0.05, 0) is 31.2 Å². The Kier molecular flexibility index (Phi) is 5.54. The van der Waals surface area contributed by atoms with Crippen LogP contribution in [0.3, 0.4) is 0 Å². The van der Waals surface area contributed by atoms with E-state index in [2.05, 4.69) is 5.32 Å². The molecule has 0 saturated carbocycles. The lowest BCUT2D eigenvalue weighted by Crippen LogP contribution is -2.29. The summed E-state index contributed by atoms with van der Waals surface area (Å²) in [6.07, 6.45) is 1.23. The number of rotatable bonds is 6. The zero-order chi connectivity index (χ0) is 20.1. The van der Waals surface area contributed by atoms with Gasteiger partial charge in [0, 0.05) is 23.9 Å². The number of ether oxygens (including phenoxy) is 3. The first kappa shape index (κ1) is 18.9. The van der Waals surface area contributed by atoms with Crippen LogP contribution in [-0.2, 0) is 14.3 Å². The molecule has 1 heterocycles. The Bertz CT molecular complexity index is 955. The number of fused-ring (bicyclic) bond motifs is 1. The maximum Gasteiger partial charge on any atom is 0.331 e. The maximum atomic E-state index is 12.2. The Morgan fingerprint density at radius 3 is 2.75 bits per heavy atom. The number of hydrogen-bond donors (Lipinski definition) is 1. The third-order valence-electron chi connectivity index (χ3n) is 3.83. The Morgan fingerprint density at radius 2 is 1.96 bits per heavy atom. The number of nitro groups is 1. The van der Waals surface area contributed by atoms with Crippen molar-refractivity contribution in [1.82, 2.24) is 0 Å². The molecule has 0 aliphatic carbocycles. The Labute approximate surface area is 159 Å². The van der Waals surface area contributed by atoms with Crippen molar-refractivity contribution in [2.24, 2.45) is 0 Å². The second kappa shape index (κ2) is 8.21. The monoisotopic (exact) mass is 384 g/mol. The summed E-state index contributed by atoms with van der Waals surface area (Å²) < 4.78 is 15.5. The topological polar surface area (TPSA) is 117 Å². The summed E-state index contributed by atoms with van der Waals surface area (Å²) in [6, 6.07) is 10.8. The Balaban J connectivity index is 1.58. The van der Waals surface area contributed by atoms with Crippen molar-refractivity contribution < 1.29 is 28.7 Å². The molecule has 144 valence electrons. The van der Waals surface area contributed by atoms with Crippen molar-refractivity contribution in [3.8, 4) is 11.5 Å². The molecular formula is C19H16N2O7. The van der Waals surface area contributed by atoms with Gasteiger partial charge in [0.05, 0.1) is 10.5 Å². The molecule has 1 aliphatic rings. The lowest BCUT2D eigenvalue weighted by Gasteiger charge is -2.12. The van der Waals surface area contributed by atoms with Gasteiger partial charge < -0.3 is 19.5 Å². The summed E-state index contributed by atoms with van der Waals surface area (Å²) in [6.45, 7) is 1.53. The number of nitrogens with zero attached hydrogens (tertiary/aromatic N) is 1. The van der Waals surface area contributed by atoms with Crippen molar-refractivity contribution in [2.75, 3.05) is 12.1 Å². The average Bonchev–Trinajstić information content (AvgIpc) is 3.14. The van der Waals surface area contributed by atoms with Crippen LogP contribution in [0.2, 0.25) is 0 Å². The first-order valence-electron chi connectivity index (χ1n) is 8.26. The summed E-state index contributed by atoms with van der Waals surface area (Å²) >= 11 is 0. The highest BCUT2D eigenvalue weighted by Crippen LogP contribution is 2.34. The lowest BCUT2D eigenvalue weighted by molar-refractivity contribution is -0.385. The van der Waals surface area contributed by atoms with Crippen LogP contribution in [0.5, 0.6) is 11.5 Å². The van der Waals surface area contributed by atoms with Gasteiger partial charge >= 0.3 is 5.97 Å². The highest BCUT2D eigenvalue weighted by atomic mass is 16.7. The van der Waals surface area contributed by atoms with E-state index >= 15 is 0 Å². The number of para-hydroxylation sites is 1. The number of carbonyl (C=O) groups excluding carboxylic acids is 2. The number of esters is 1. The molecule has 9 nitrogen and oxygen atoms in total. The normalized spacial score (nSPS) is 13.2. The average molecular weight is 384 g/mol. The number of carbonyl (C=O) groups is 2. The Morgan fingerprint density at radius 1 is 1.21 bits per heavy atom. The first-order valence-corrected chi connectivity index (χ1v) is 8.26. The van der Waals surface area contributed by atoms with E-state index in [4.69, 9.17) is 14.2 Å². The predicted molar refractivity (Wildman–Crippen MR) is 98.9 cm³/mol. The maximum absolute atomic E-state index is 12.2. The van der Waals surface area contributed by atoms with Crippen LogP contribution < -0.4 is 14.8 Å². The van der Waals surface area contributed by atoms with Gasteiger partial charge in [0.25, 0.3) is 11.6 Å². The van der Waals surface area contributed by atoms with Gasteiger partial charge in [0.15, 0.2) is 17.6 Å². The fourth-order valence-electron chi connectivity index (χ4n) is 2.44. The van der Waals surface area contributed by atoms with Crippen molar-refractivity contribution in [3.63, 3.8) is 0 Å². The third kappa shape index (κ3) is 4.44. The molecule has 1 aliphatic heterocycles. The van der Waals surface area contributed by atoms with Crippen LogP contribution >= 0.6 is 0 Å². The molecule has 0 bridgehead atoms. The number of benzene rings is 2. The fraction of sp³-hybridized carbons (Fsp3) is 0.158. The summed E-state index contributed by atoms with van der Waals surface area (Å²) in [5.74, 6) is -0.245. The second-order valence-corrected chi connectivity index (χ2v) is 5.79. The van der Waals surface area contributed by atoms with Gasteiger partial charge in [-0.1, -0.05) is 12.1 Å². The smallest absolute Gasteiger partial charge is 0.331 e. The number of hydrogen-bond acceptors (Lipinski definition) is 7. The van der Waals surface area contributed by atoms with Crippen LogP contribution in [0.25, 0.3) is 6.08 Å². The molecule has 1 atom stereocenters. The molecule has 9 heteroatoms. The second-order valence-electron chi connectivity index (χ2n) is 5.79. The third-order valence-corrected chi connectivity index (χ3v) is 3.83. The van der Waals surface area contributed by atoms with Gasteiger partial charge in [-0.15, -0.1) is 0 Å². The molecule has 3 rings (SSSR count). The quantitative estimate of drug-likeness (QED) is 0.352. The SMILES string of the molecule is C[C@H](OC(=O)/C=C/c1ccccc1[N+](=O)[O-])C(=O)Nc1ccc2c(c1)OCO2. The summed E-state index contributed by atoms with van der Waals surface area (Å²) in [7, 11) is 0. The lowest BCUT2D eigenvalue weighted by atomic mass is 10.1. The van der Waals surface area contributed by atoms with E-state index in [-0.39, 0.29) is 18.0 Å². The minimum Gasteiger partial charge on any atom is -0.454 e. The van der Waals surface area contributed by atoms with Crippen molar-refractivity contribution in [3.05, 3.63) is 64.2 Å². The molecule has 0 fully saturated rings. The number of nitro benzene ring substituents is 1. The molecule has 0 radical (unpaired) electrons. The van der Waals surface area contributed by atoms with Gasteiger partial charge in [-0.3, -0.25) is 14.9 Å². The van der Waals surface area contributed by atoms with E-state index in [1.807, 2.05) is 0 Å². The van der Waals surface area contributed by atoms with E-state index in [9.17, 15) is 19.7 Å². The molecule has 0 spiro atoms. The van der Waals surface area contributed by atoms with Crippen molar-refractivity contribution >= 4 is 29.3 Å². The highest BCUT2D eigenvalue weighted by molar-refractivity contribution is 5.97. The fourth-order valence-corrected chi connectivity index (χ4v) is 2.44. The molecule has 1 N–H and O–H groups in total. The minimum absolute atomic E-state index is 0.118. The van der Waals surface area contributed by atoms with Crippen molar-refractivity contribution in [1.29, 1.82) is 0 Å². The highest BCUT2D eigenvalue weighted by Gasteiger charge is 2.19. The van der Waals surface area contributed by atoms with Crippen LogP contribution in [0.4, 0.5) is 11.4 Å². The molecule has 1 amide bonds. The van der Waals surface area contributed by atoms with E-state index < -0.39 is 22.9 Å². The van der Waals surface area contributed by atoms with Gasteiger partial charge in [0.2, 0.25) is 6.79 Å². The standard InChI is InChI=1S/C19H16N2O7/c1-12(19(23)20-14-7-8-16-17(10-14)27-11-26-16)28-18(22)9-6-13-4-2-3-5-15(13)21(24)25/h2-10,12H,11H2,1H3,(H,20,23)/b9-6+/t12-/m0/s1. The van der Waals surface area contributed by atoms with Gasteiger partial charge in [-0.2, -0.15) is 0 Å². The largest absolute Gasteiger partial charge is 0.454 e. The molecule has 0 aromatic heterocycles. The minimum atomic E-state index is -1.08. The van der Waals surface area contributed by atoms with E-state index in [0.29, 0.717) is 17.2 Å². The van der Waals surface area contributed by atoms with Crippen molar-refractivity contribution in [2.45, 2.75) is 13.0 Å². The van der Waals surface area contributed by atoms with E-state index in [1.54, 1.807) is 24.3 Å². The van der Waals surface area contributed by atoms with Crippen LogP contribution in [-0.4, -0.2) is 29.7 Å². The summed E-state index contributed by atoms with van der Waals surface area (Å²) in [5.41, 5.74) is 0.578. The molecule has 2 aromatic carbocycles. The Hall–Kier alpha value is -3.88.